The van der Waals surface area contributed by atoms with Crippen molar-refractivity contribution < 1.29 is 14.8 Å². The minimum absolute atomic E-state index is 0.102. The van der Waals surface area contributed by atoms with E-state index >= 15 is 0 Å². The highest BCUT2D eigenvalue weighted by molar-refractivity contribution is 5.59. The third-order valence-corrected chi connectivity index (χ3v) is 2.69. The maximum absolute atomic E-state index is 10.7. The third kappa shape index (κ3) is 2.69. The molecule has 0 radical (unpaired) electrons. The number of nitro groups is 1. The van der Waals surface area contributed by atoms with Gasteiger partial charge in [0.25, 0.3) is 0 Å². The number of aromatic nitrogens is 1. The lowest BCUT2D eigenvalue weighted by Crippen LogP contribution is -2.37. The molecule has 0 saturated carbocycles. The van der Waals surface area contributed by atoms with E-state index in [1.54, 1.807) is 0 Å². The molecule has 2 rings (SSSR count). The molecule has 0 bridgehead atoms. The number of hydrogen-bond acceptors (Lipinski definition) is 6. The summed E-state index contributed by atoms with van der Waals surface area (Å²) in [5.41, 5.74) is -0.697. The fraction of sp³-hybridized carbons (Fsp3) is 0.500. The summed E-state index contributed by atoms with van der Waals surface area (Å²) in [5.74, 6) is 0. The smallest absolute Gasteiger partial charge is 0.310 e. The Morgan fingerprint density at radius 1 is 1.71 bits per heavy atom. The van der Waals surface area contributed by atoms with E-state index in [1.807, 2.05) is 0 Å². The molecule has 1 saturated heterocycles. The number of nitrogens with zero attached hydrogens (tertiary/aromatic N) is 2. The van der Waals surface area contributed by atoms with Crippen molar-refractivity contribution in [3.05, 3.63) is 28.6 Å². The van der Waals surface area contributed by atoms with Crippen molar-refractivity contribution in [3.63, 3.8) is 0 Å². The van der Waals surface area contributed by atoms with E-state index < -0.39 is 10.5 Å². The van der Waals surface area contributed by atoms with Gasteiger partial charge in [0.2, 0.25) is 0 Å². The summed E-state index contributed by atoms with van der Waals surface area (Å²) in [7, 11) is 0. The second kappa shape index (κ2) is 4.64. The van der Waals surface area contributed by atoms with Crippen LogP contribution in [0, 0.1) is 10.1 Å². The first-order valence-electron chi connectivity index (χ1n) is 5.23. The second-order valence-corrected chi connectivity index (χ2v) is 4.03. The normalized spacial score (nSPS) is 23.6. The van der Waals surface area contributed by atoms with Gasteiger partial charge in [0.05, 0.1) is 11.5 Å². The van der Waals surface area contributed by atoms with Crippen LogP contribution in [0.15, 0.2) is 18.5 Å². The zero-order valence-electron chi connectivity index (χ0n) is 9.13. The van der Waals surface area contributed by atoms with Gasteiger partial charge in [0.1, 0.15) is 17.5 Å². The van der Waals surface area contributed by atoms with Crippen molar-refractivity contribution in [1.29, 1.82) is 0 Å². The van der Waals surface area contributed by atoms with E-state index in [0.29, 0.717) is 18.7 Å². The summed E-state index contributed by atoms with van der Waals surface area (Å²) < 4.78 is 5.09. The molecule has 17 heavy (non-hydrogen) atoms. The van der Waals surface area contributed by atoms with Crippen molar-refractivity contribution >= 4 is 11.4 Å². The maximum atomic E-state index is 10.7. The van der Waals surface area contributed by atoms with Gasteiger partial charge in [-0.2, -0.15) is 0 Å². The molecule has 0 aliphatic carbocycles. The minimum Gasteiger partial charge on any atom is -0.386 e. The van der Waals surface area contributed by atoms with E-state index in [-0.39, 0.29) is 18.8 Å². The summed E-state index contributed by atoms with van der Waals surface area (Å²) in [6.45, 7) is 0.980. The van der Waals surface area contributed by atoms with Crippen molar-refractivity contribution in [3.8, 4) is 0 Å². The van der Waals surface area contributed by atoms with Crippen LogP contribution in [-0.4, -0.2) is 40.4 Å². The van der Waals surface area contributed by atoms with E-state index in [1.165, 1.54) is 18.5 Å². The summed E-state index contributed by atoms with van der Waals surface area (Å²) in [6, 6.07) is 1.51. The Labute approximate surface area is 97.6 Å². The van der Waals surface area contributed by atoms with E-state index in [2.05, 4.69) is 10.3 Å². The van der Waals surface area contributed by atoms with Gasteiger partial charge in [-0.1, -0.05) is 0 Å². The molecule has 1 aliphatic rings. The van der Waals surface area contributed by atoms with Gasteiger partial charge in [-0.05, 0) is 6.07 Å². The molecular formula is C10H13N3O4. The molecule has 2 heterocycles. The van der Waals surface area contributed by atoms with Crippen LogP contribution in [0.1, 0.15) is 6.42 Å². The molecule has 1 aromatic rings. The van der Waals surface area contributed by atoms with Crippen molar-refractivity contribution in [2.75, 3.05) is 25.1 Å². The zero-order chi connectivity index (χ0) is 12.3. The van der Waals surface area contributed by atoms with Crippen LogP contribution in [0.25, 0.3) is 0 Å². The van der Waals surface area contributed by atoms with Crippen LogP contribution in [0.5, 0.6) is 0 Å². The standard InChI is InChI=1S/C10H13N3O4/c14-10(2-4-17-7-10)6-12-8-1-3-11-5-9(8)13(15)16/h1,3,5,14H,2,4,6-7H2,(H,11,12). The zero-order valence-corrected chi connectivity index (χ0v) is 9.13. The van der Waals surface area contributed by atoms with Crippen molar-refractivity contribution in [1.82, 2.24) is 4.98 Å². The number of anilines is 1. The summed E-state index contributed by atoms with van der Waals surface area (Å²) in [4.78, 5) is 13.9. The molecule has 1 aromatic heterocycles. The van der Waals surface area contributed by atoms with Gasteiger partial charge < -0.3 is 15.2 Å². The van der Waals surface area contributed by atoms with Gasteiger partial charge in [0.15, 0.2) is 0 Å². The molecule has 92 valence electrons. The number of hydrogen-bond donors (Lipinski definition) is 2. The van der Waals surface area contributed by atoms with Crippen LogP contribution in [0.4, 0.5) is 11.4 Å². The lowest BCUT2D eigenvalue weighted by molar-refractivity contribution is -0.384. The summed E-state index contributed by atoms with van der Waals surface area (Å²) >= 11 is 0. The fourth-order valence-electron chi connectivity index (χ4n) is 1.68. The second-order valence-electron chi connectivity index (χ2n) is 4.03. The van der Waals surface area contributed by atoms with Gasteiger partial charge >= 0.3 is 5.69 Å². The monoisotopic (exact) mass is 239 g/mol. The molecule has 0 aromatic carbocycles. The Balaban J connectivity index is 2.06. The van der Waals surface area contributed by atoms with Crippen LogP contribution in [-0.2, 0) is 4.74 Å². The number of aliphatic hydroxyl groups is 1. The predicted molar refractivity (Wildman–Crippen MR) is 59.8 cm³/mol. The predicted octanol–water partition coefficient (Wildman–Crippen LogP) is 0.553. The Morgan fingerprint density at radius 2 is 2.53 bits per heavy atom. The molecule has 1 fully saturated rings. The number of nitrogens with one attached hydrogen (secondary N) is 1. The van der Waals surface area contributed by atoms with Crippen LogP contribution < -0.4 is 5.32 Å². The largest absolute Gasteiger partial charge is 0.386 e. The topological polar surface area (TPSA) is 97.5 Å². The van der Waals surface area contributed by atoms with Gasteiger partial charge in [0, 0.05) is 25.8 Å². The minimum atomic E-state index is -0.947. The average Bonchev–Trinajstić information content (AvgIpc) is 2.74. The van der Waals surface area contributed by atoms with Crippen LogP contribution in [0.3, 0.4) is 0 Å². The maximum Gasteiger partial charge on any atom is 0.310 e. The molecule has 7 heteroatoms. The molecule has 1 atom stereocenters. The highest BCUT2D eigenvalue weighted by Crippen LogP contribution is 2.24. The van der Waals surface area contributed by atoms with E-state index in [9.17, 15) is 15.2 Å². The molecule has 0 amide bonds. The Kier molecular flexibility index (Phi) is 3.21. The Morgan fingerprint density at radius 3 is 3.18 bits per heavy atom. The SMILES string of the molecule is O=[N+]([O-])c1cnccc1NCC1(O)CCOC1. The number of pyridine rings is 1. The van der Waals surface area contributed by atoms with Gasteiger partial charge in [-0.25, -0.2) is 0 Å². The summed E-state index contributed by atoms with van der Waals surface area (Å²) in [5, 5.41) is 23.6. The Bertz CT molecular complexity index is 418. The van der Waals surface area contributed by atoms with Gasteiger partial charge in [-0.3, -0.25) is 15.1 Å². The number of rotatable bonds is 4. The molecule has 2 N–H and O–H groups in total. The highest BCUT2D eigenvalue weighted by atomic mass is 16.6. The third-order valence-electron chi connectivity index (χ3n) is 2.69. The Hall–Kier alpha value is -1.73. The molecular weight excluding hydrogens is 226 g/mol. The van der Waals surface area contributed by atoms with Crippen LogP contribution in [0.2, 0.25) is 0 Å². The van der Waals surface area contributed by atoms with E-state index in [0.717, 1.165) is 0 Å². The first kappa shape index (κ1) is 11.7. The number of ether oxygens (including phenoxy) is 1. The quantitative estimate of drug-likeness (QED) is 0.588. The average molecular weight is 239 g/mol. The van der Waals surface area contributed by atoms with Crippen molar-refractivity contribution in [2.24, 2.45) is 0 Å². The first-order chi connectivity index (χ1) is 8.11. The lowest BCUT2D eigenvalue weighted by Gasteiger charge is -2.21. The fourth-order valence-corrected chi connectivity index (χ4v) is 1.68. The first-order valence-corrected chi connectivity index (χ1v) is 5.23. The van der Waals surface area contributed by atoms with Crippen molar-refractivity contribution in [2.45, 2.75) is 12.0 Å². The van der Waals surface area contributed by atoms with E-state index in [4.69, 9.17) is 4.74 Å². The highest BCUT2D eigenvalue weighted by Gasteiger charge is 2.32. The van der Waals surface area contributed by atoms with Crippen LogP contribution >= 0.6 is 0 Å². The molecule has 1 unspecified atom stereocenters. The summed E-state index contributed by atoms with van der Waals surface area (Å²) in [6.07, 6.45) is 3.17. The lowest BCUT2D eigenvalue weighted by atomic mass is 10.0. The molecule has 1 aliphatic heterocycles. The molecule has 0 spiro atoms. The van der Waals surface area contributed by atoms with Gasteiger partial charge in [-0.15, -0.1) is 0 Å². The molecule has 7 nitrogen and oxygen atoms in total.